The SMILES string of the molecule is CNCCc1nc(-c2ccncc2)c(-c2cccc(NC(=O)Nc3ccc(F)cc3F)c2)s1.CO. The maximum atomic E-state index is 13.8. The average molecular weight is 498 g/mol. The number of amides is 2. The van der Waals surface area contributed by atoms with Crippen molar-refractivity contribution in [3.63, 3.8) is 0 Å². The number of urea groups is 1. The highest BCUT2D eigenvalue weighted by Crippen LogP contribution is 2.37. The van der Waals surface area contributed by atoms with Gasteiger partial charge in [0.25, 0.3) is 0 Å². The minimum Gasteiger partial charge on any atom is -0.400 e. The normalized spacial score (nSPS) is 10.3. The molecule has 7 nitrogen and oxygen atoms in total. The van der Waals surface area contributed by atoms with Crippen LogP contribution in [0.15, 0.2) is 67.0 Å². The van der Waals surface area contributed by atoms with Crippen LogP contribution in [0.2, 0.25) is 0 Å². The lowest BCUT2D eigenvalue weighted by Crippen LogP contribution is -2.20. The topological polar surface area (TPSA) is 99.2 Å². The number of halogens is 2. The number of nitrogens with zero attached hydrogens (tertiary/aromatic N) is 2. The summed E-state index contributed by atoms with van der Waals surface area (Å²) in [6.45, 7) is 0.810. The van der Waals surface area contributed by atoms with Gasteiger partial charge in [0.15, 0.2) is 0 Å². The summed E-state index contributed by atoms with van der Waals surface area (Å²) in [4.78, 5) is 22.3. The zero-order chi connectivity index (χ0) is 25.2. The van der Waals surface area contributed by atoms with Crippen molar-refractivity contribution in [3.8, 4) is 21.7 Å². The van der Waals surface area contributed by atoms with E-state index in [-0.39, 0.29) is 5.69 Å². The lowest BCUT2D eigenvalue weighted by molar-refractivity contribution is 0.262. The van der Waals surface area contributed by atoms with Gasteiger partial charge < -0.3 is 21.1 Å². The molecule has 4 rings (SSSR count). The number of hydrogen-bond acceptors (Lipinski definition) is 6. The summed E-state index contributed by atoms with van der Waals surface area (Å²) in [5.74, 6) is -1.56. The molecule has 0 unspecified atom stereocenters. The lowest BCUT2D eigenvalue weighted by Gasteiger charge is -2.10. The number of anilines is 2. The smallest absolute Gasteiger partial charge is 0.323 e. The van der Waals surface area contributed by atoms with Crippen LogP contribution in [0, 0.1) is 11.6 Å². The molecule has 4 N–H and O–H groups in total. The summed E-state index contributed by atoms with van der Waals surface area (Å²) in [5, 5.41) is 16.2. The first-order chi connectivity index (χ1) is 17.0. The van der Waals surface area contributed by atoms with E-state index in [1.165, 1.54) is 6.07 Å². The molecule has 0 aliphatic rings. The average Bonchev–Trinajstić information content (AvgIpc) is 3.31. The molecule has 0 saturated carbocycles. The first-order valence-corrected chi connectivity index (χ1v) is 11.5. The Hall–Kier alpha value is -3.73. The molecule has 0 bridgehead atoms. The maximum Gasteiger partial charge on any atom is 0.323 e. The van der Waals surface area contributed by atoms with Gasteiger partial charge in [-0.1, -0.05) is 12.1 Å². The van der Waals surface area contributed by atoms with E-state index in [0.29, 0.717) is 11.8 Å². The Kier molecular flexibility index (Phi) is 9.36. The van der Waals surface area contributed by atoms with Crippen LogP contribution in [0.5, 0.6) is 0 Å². The first kappa shape index (κ1) is 25.9. The van der Waals surface area contributed by atoms with Crippen LogP contribution >= 0.6 is 11.3 Å². The highest BCUT2D eigenvalue weighted by atomic mass is 32.1. The van der Waals surface area contributed by atoms with E-state index < -0.39 is 17.7 Å². The lowest BCUT2D eigenvalue weighted by atomic mass is 10.1. The van der Waals surface area contributed by atoms with Crippen LogP contribution in [0.25, 0.3) is 21.7 Å². The third kappa shape index (κ3) is 6.89. The number of aromatic nitrogens is 2. The number of aliphatic hydroxyl groups is 1. The van der Waals surface area contributed by atoms with Gasteiger partial charge in [-0.3, -0.25) is 4.98 Å². The summed E-state index contributed by atoms with van der Waals surface area (Å²) >= 11 is 1.60. The second-order valence-corrected chi connectivity index (χ2v) is 8.24. The first-order valence-electron chi connectivity index (χ1n) is 10.7. The van der Waals surface area contributed by atoms with Gasteiger partial charge in [0.05, 0.1) is 21.3 Å². The summed E-state index contributed by atoms with van der Waals surface area (Å²) in [6.07, 6.45) is 4.24. The van der Waals surface area contributed by atoms with E-state index >= 15 is 0 Å². The molecular weight excluding hydrogens is 472 g/mol. The van der Waals surface area contributed by atoms with Gasteiger partial charge in [-0.15, -0.1) is 11.3 Å². The molecule has 2 heterocycles. The van der Waals surface area contributed by atoms with Gasteiger partial charge in [0.1, 0.15) is 11.6 Å². The minimum absolute atomic E-state index is 0.110. The van der Waals surface area contributed by atoms with E-state index in [0.717, 1.165) is 52.8 Å². The summed E-state index contributed by atoms with van der Waals surface area (Å²) in [7, 11) is 2.90. The summed E-state index contributed by atoms with van der Waals surface area (Å²) in [6, 6.07) is 13.5. The van der Waals surface area contributed by atoms with Gasteiger partial charge in [-0.25, -0.2) is 18.6 Å². The minimum atomic E-state index is -0.848. The molecule has 0 radical (unpaired) electrons. The maximum absolute atomic E-state index is 13.8. The van der Waals surface area contributed by atoms with Crippen molar-refractivity contribution in [2.24, 2.45) is 0 Å². The Morgan fingerprint density at radius 1 is 1.00 bits per heavy atom. The zero-order valence-corrected chi connectivity index (χ0v) is 20.0. The second-order valence-electron chi connectivity index (χ2n) is 7.16. The van der Waals surface area contributed by atoms with Crippen LogP contribution in [-0.4, -0.2) is 41.8 Å². The van der Waals surface area contributed by atoms with E-state index in [4.69, 9.17) is 10.1 Å². The third-order valence-electron chi connectivity index (χ3n) is 4.78. The van der Waals surface area contributed by atoms with Crippen molar-refractivity contribution in [3.05, 3.63) is 83.6 Å². The standard InChI is InChI=1S/C24H21F2N5OS.CH4O/c1-27-10-9-21-31-22(15-7-11-28-12-8-15)23(33-21)16-3-2-4-18(13-16)29-24(32)30-20-6-5-17(25)14-19(20)26;1-2/h2-8,11-14,27H,9-10H2,1H3,(H2,29,30,32);2H,1H3. The van der Waals surface area contributed by atoms with Gasteiger partial charge in [-0.05, 0) is 49.0 Å². The van der Waals surface area contributed by atoms with Crippen LogP contribution in [-0.2, 0) is 6.42 Å². The molecule has 0 aliphatic carbocycles. The van der Waals surface area contributed by atoms with Crippen LogP contribution < -0.4 is 16.0 Å². The Labute approximate surface area is 205 Å². The van der Waals surface area contributed by atoms with E-state index in [9.17, 15) is 13.6 Å². The second kappa shape index (κ2) is 12.7. The third-order valence-corrected chi connectivity index (χ3v) is 5.94. The van der Waals surface area contributed by atoms with Crippen LogP contribution in [0.3, 0.4) is 0 Å². The fourth-order valence-corrected chi connectivity index (χ4v) is 4.30. The molecule has 0 aliphatic heterocycles. The van der Waals surface area contributed by atoms with E-state index in [1.807, 2.05) is 37.4 Å². The number of rotatable bonds is 7. The number of carbonyl (C=O) groups excluding carboxylic acids is 1. The van der Waals surface area contributed by atoms with Crippen molar-refractivity contribution in [2.75, 3.05) is 31.3 Å². The molecular formula is C25H25F2N5O2S. The summed E-state index contributed by atoms with van der Waals surface area (Å²) in [5.41, 5.74) is 3.11. The number of aliphatic hydroxyl groups excluding tert-OH is 1. The number of likely N-dealkylation sites (N-methyl/N-ethyl adjacent to an activating group) is 1. The number of thiazole rings is 1. The Balaban J connectivity index is 0.00000167. The van der Waals surface area contributed by atoms with Gasteiger partial charge in [0.2, 0.25) is 0 Å². The molecule has 182 valence electrons. The van der Waals surface area contributed by atoms with Gasteiger partial charge in [0, 0.05) is 49.8 Å². The predicted octanol–water partition coefficient (Wildman–Crippen LogP) is 5.16. The molecule has 0 atom stereocenters. The van der Waals surface area contributed by atoms with Crippen molar-refractivity contribution < 1.29 is 18.7 Å². The largest absolute Gasteiger partial charge is 0.400 e. The monoisotopic (exact) mass is 497 g/mol. The van der Waals surface area contributed by atoms with E-state index in [2.05, 4.69) is 20.9 Å². The highest BCUT2D eigenvalue weighted by Gasteiger charge is 2.16. The number of benzene rings is 2. The Morgan fingerprint density at radius 3 is 2.49 bits per heavy atom. The fourth-order valence-electron chi connectivity index (χ4n) is 3.22. The van der Waals surface area contributed by atoms with Crippen LogP contribution in [0.1, 0.15) is 5.01 Å². The summed E-state index contributed by atoms with van der Waals surface area (Å²) < 4.78 is 26.9. The molecule has 2 aromatic heterocycles. The Morgan fingerprint density at radius 2 is 1.77 bits per heavy atom. The predicted molar refractivity (Wildman–Crippen MR) is 136 cm³/mol. The molecule has 10 heteroatoms. The number of carbonyl (C=O) groups is 1. The van der Waals surface area contributed by atoms with Crippen LogP contribution in [0.4, 0.5) is 25.0 Å². The number of hydrogen-bond donors (Lipinski definition) is 4. The van der Waals surface area contributed by atoms with E-state index in [1.54, 1.807) is 29.8 Å². The molecule has 0 saturated heterocycles. The van der Waals surface area contributed by atoms with Crippen molar-refractivity contribution in [2.45, 2.75) is 6.42 Å². The van der Waals surface area contributed by atoms with Crippen molar-refractivity contribution in [1.82, 2.24) is 15.3 Å². The molecule has 0 spiro atoms. The molecule has 0 fully saturated rings. The molecule has 2 amide bonds. The van der Waals surface area contributed by atoms with Crippen molar-refractivity contribution in [1.29, 1.82) is 0 Å². The Bertz CT molecular complexity index is 1270. The van der Waals surface area contributed by atoms with Gasteiger partial charge >= 0.3 is 6.03 Å². The molecule has 4 aromatic rings. The van der Waals surface area contributed by atoms with Crippen molar-refractivity contribution >= 4 is 28.7 Å². The molecule has 35 heavy (non-hydrogen) atoms. The highest BCUT2D eigenvalue weighted by molar-refractivity contribution is 7.15. The zero-order valence-electron chi connectivity index (χ0n) is 19.2. The van der Waals surface area contributed by atoms with Gasteiger partial charge in [-0.2, -0.15) is 0 Å². The molecule has 2 aromatic carbocycles. The number of nitrogens with one attached hydrogen (secondary N) is 3. The number of pyridine rings is 1. The quantitative estimate of drug-likeness (QED) is 0.283. The fraction of sp³-hybridized carbons (Fsp3) is 0.160.